The molecule has 13 heavy (non-hydrogen) atoms. The molecule has 0 saturated carbocycles. The monoisotopic (exact) mass is 191 g/mol. The molecule has 3 nitrogen and oxygen atoms in total. The fourth-order valence-electron chi connectivity index (χ4n) is 1.25. The second-order valence-electron chi connectivity index (χ2n) is 2.86. The van der Waals surface area contributed by atoms with Crippen LogP contribution in [0.25, 0.3) is 10.9 Å². The summed E-state index contributed by atoms with van der Waals surface area (Å²) in [6.45, 7) is 0. The molecule has 0 bridgehead atoms. The number of benzene rings is 1. The molecule has 0 atom stereocenters. The van der Waals surface area contributed by atoms with E-state index in [1.165, 1.54) is 0 Å². The van der Waals surface area contributed by atoms with Crippen LogP contribution in [-0.2, 0) is 7.05 Å². The minimum absolute atomic E-state index is 0.510. The number of anilines is 1. The van der Waals surface area contributed by atoms with E-state index in [9.17, 15) is 0 Å². The van der Waals surface area contributed by atoms with E-state index in [0.717, 1.165) is 10.9 Å². The van der Waals surface area contributed by atoms with Crippen molar-refractivity contribution in [2.24, 2.45) is 7.05 Å². The molecule has 0 aliphatic rings. The van der Waals surface area contributed by atoms with Gasteiger partial charge in [0, 0.05) is 12.4 Å². The van der Waals surface area contributed by atoms with Crippen molar-refractivity contribution in [2.45, 2.75) is 0 Å². The predicted octanol–water partition coefficient (Wildman–Crippen LogP) is 1.88. The number of rotatable bonds is 0. The summed E-state index contributed by atoms with van der Waals surface area (Å²) in [4.78, 5) is 4.23. The molecule has 1 aromatic carbocycles. The van der Waals surface area contributed by atoms with Gasteiger partial charge in [-0.3, -0.25) is 0 Å². The van der Waals surface area contributed by atoms with E-state index in [0.29, 0.717) is 10.6 Å². The van der Waals surface area contributed by atoms with Gasteiger partial charge in [-0.2, -0.15) is 0 Å². The minimum atomic E-state index is 0.510. The lowest BCUT2D eigenvalue weighted by molar-refractivity contribution is 0.873. The molecule has 0 amide bonds. The summed E-state index contributed by atoms with van der Waals surface area (Å²) in [5.41, 5.74) is 6.73. The lowest BCUT2D eigenvalue weighted by Gasteiger charge is -2.06. The SMILES string of the molecule is Cn1c(N)c2ccccc2nc1=S. The fraction of sp³-hybridized carbons (Fsp3) is 0.111. The van der Waals surface area contributed by atoms with Gasteiger partial charge in [0.25, 0.3) is 0 Å². The molecule has 2 rings (SSSR count). The maximum absolute atomic E-state index is 5.88. The Morgan fingerprint density at radius 1 is 1.38 bits per heavy atom. The van der Waals surface area contributed by atoms with Crippen molar-refractivity contribution in [3.05, 3.63) is 29.0 Å². The van der Waals surface area contributed by atoms with Gasteiger partial charge in [0.15, 0.2) is 0 Å². The van der Waals surface area contributed by atoms with Gasteiger partial charge in [-0.25, -0.2) is 4.98 Å². The van der Waals surface area contributed by atoms with Gasteiger partial charge in [-0.05, 0) is 24.4 Å². The van der Waals surface area contributed by atoms with Crippen molar-refractivity contribution in [1.82, 2.24) is 9.55 Å². The van der Waals surface area contributed by atoms with Crippen LogP contribution in [0.4, 0.5) is 5.82 Å². The highest BCUT2D eigenvalue weighted by Gasteiger charge is 2.01. The number of para-hydroxylation sites is 1. The third-order valence-electron chi connectivity index (χ3n) is 2.04. The van der Waals surface area contributed by atoms with Gasteiger partial charge in [-0.1, -0.05) is 12.1 Å². The quantitative estimate of drug-likeness (QED) is 0.647. The van der Waals surface area contributed by atoms with Crippen molar-refractivity contribution in [3.63, 3.8) is 0 Å². The maximum Gasteiger partial charge on any atom is 0.201 e. The number of hydrogen-bond acceptors (Lipinski definition) is 3. The van der Waals surface area contributed by atoms with Gasteiger partial charge in [-0.15, -0.1) is 0 Å². The van der Waals surface area contributed by atoms with Gasteiger partial charge < -0.3 is 10.3 Å². The number of nitrogens with zero attached hydrogens (tertiary/aromatic N) is 2. The molecule has 0 radical (unpaired) electrons. The Kier molecular flexibility index (Phi) is 1.77. The topological polar surface area (TPSA) is 43.8 Å². The van der Waals surface area contributed by atoms with Gasteiger partial charge in [0.1, 0.15) is 5.82 Å². The summed E-state index contributed by atoms with van der Waals surface area (Å²) in [6.07, 6.45) is 0. The van der Waals surface area contributed by atoms with E-state index in [-0.39, 0.29) is 0 Å². The summed E-state index contributed by atoms with van der Waals surface area (Å²) >= 11 is 5.04. The number of aromatic nitrogens is 2. The second-order valence-corrected chi connectivity index (χ2v) is 3.22. The van der Waals surface area contributed by atoms with Crippen LogP contribution in [0.5, 0.6) is 0 Å². The lowest BCUT2D eigenvalue weighted by atomic mass is 10.2. The first-order valence-electron chi connectivity index (χ1n) is 3.91. The van der Waals surface area contributed by atoms with E-state index < -0.39 is 0 Å². The molecule has 0 spiro atoms. The molecule has 0 aliphatic heterocycles. The van der Waals surface area contributed by atoms with Crippen LogP contribution in [0.15, 0.2) is 24.3 Å². The third kappa shape index (κ3) is 1.19. The summed E-state index contributed by atoms with van der Waals surface area (Å²) < 4.78 is 2.22. The summed E-state index contributed by atoms with van der Waals surface area (Å²) in [5.74, 6) is 0.663. The normalized spacial score (nSPS) is 10.5. The smallest absolute Gasteiger partial charge is 0.201 e. The Hall–Kier alpha value is -1.42. The van der Waals surface area contributed by atoms with Crippen molar-refractivity contribution in [3.8, 4) is 0 Å². The molecule has 2 N–H and O–H groups in total. The molecule has 1 aromatic heterocycles. The first kappa shape index (κ1) is 8.19. The van der Waals surface area contributed by atoms with Crippen molar-refractivity contribution in [1.29, 1.82) is 0 Å². The molecule has 66 valence electrons. The molecule has 1 heterocycles. The summed E-state index contributed by atoms with van der Waals surface area (Å²) in [5, 5.41) is 0.943. The Morgan fingerprint density at radius 2 is 2.08 bits per heavy atom. The van der Waals surface area contributed by atoms with Crippen LogP contribution in [0.3, 0.4) is 0 Å². The second kappa shape index (κ2) is 2.81. The fourth-order valence-corrected chi connectivity index (χ4v) is 1.45. The van der Waals surface area contributed by atoms with Crippen LogP contribution in [-0.4, -0.2) is 9.55 Å². The first-order valence-corrected chi connectivity index (χ1v) is 4.32. The molecule has 4 heteroatoms. The standard InChI is InChI=1S/C9H9N3S/c1-12-8(10)6-4-2-3-5-7(6)11-9(12)13/h2-5H,10H2,1H3. The highest BCUT2D eigenvalue weighted by molar-refractivity contribution is 7.71. The summed E-state index contributed by atoms with van der Waals surface area (Å²) in [7, 11) is 1.82. The molecule has 0 saturated heterocycles. The average molecular weight is 191 g/mol. The van der Waals surface area contributed by atoms with E-state index in [2.05, 4.69) is 4.98 Å². The van der Waals surface area contributed by atoms with Crippen LogP contribution in [0.1, 0.15) is 0 Å². The van der Waals surface area contributed by atoms with Crippen LogP contribution in [0.2, 0.25) is 0 Å². The minimum Gasteiger partial charge on any atom is -0.384 e. The predicted molar refractivity (Wildman–Crippen MR) is 56.0 cm³/mol. The molecule has 2 aromatic rings. The maximum atomic E-state index is 5.88. The molecule has 0 fully saturated rings. The first-order chi connectivity index (χ1) is 6.20. The zero-order valence-corrected chi connectivity index (χ0v) is 8.01. The highest BCUT2D eigenvalue weighted by Crippen LogP contribution is 2.17. The van der Waals surface area contributed by atoms with Crippen molar-refractivity contribution in [2.75, 3.05) is 5.73 Å². The summed E-state index contributed by atoms with van der Waals surface area (Å²) in [6, 6.07) is 7.70. The Bertz CT molecular complexity index is 516. The molecular weight excluding hydrogens is 182 g/mol. The van der Waals surface area contributed by atoms with Gasteiger partial charge in [0.2, 0.25) is 4.77 Å². The van der Waals surface area contributed by atoms with E-state index >= 15 is 0 Å². The number of fused-ring (bicyclic) bond motifs is 1. The van der Waals surface area contributed by atoms with Gasteiger partial charge >= 0.3 is 0 Å². The van der Waals surface area contributed by atoms with E-state index in [1.807, 2.05) is 31.3 Å². The van der Waals surface area contributed by atoms with E-state index in [4.69, 9.17) is 18.0 Å². The zero-order valence-electron chi connectivity index (χ0n) is 7.19. The van der Waals surface area contributed by atoms with Crippen molar-refractivity contribution >= 4 is 28.9 Å². The Balaban J connectivity index is 3.02. The Labute approximate surface area is 80.8 Å². The molecule has 0 aliphatic carbocycles. The lowest BCUT2D eigenvalue weighted by Crippen LogP contribution is -2.04. The van der Waals surface area contributed by atoms with E-state index in [1.54, 1.807) is 4.57 Å². The highest BCUT2D eigenvalue weighted by atomic mass is 32.1. The van der Waals surface area contributed by atoms with Crippen molar-refractivity contribution < 1.29 is 0 Å². The van der Waals surface area contributed by atoms with Crippen LogP contribution < -0.4 is 5.73 Å². The molecule has 0 unspecified atom stereocenters. The van der Waals surface area contributed by atoms with Crippen LogP contribution in [0, 0.1) is 4.77 Å². The zero-order chi connectivity index (χ0) is 9.42. The number of hydrogen-bond donors (Lipinski definition) is 1. The number of nitrogen functional groups attached to an aromatic ring is 1. The average Bonchev–Trinajstić information content (AvgIpc) is 2.15. The largest absolute Gasteiger partial charge is 0.384 e. The number of nitrogens with two attached hydrogens (primary N) is 1. The third-order valence-corrected chi connectivity index (χ3v) is 2.41. The Morgan fingerprint density at radius 3 is 2.85 bits per heavy atom. The molecular formula is C9H9N3S. The van der Waals surface area contributed by atoms with Gasteiger partial charge in [0.05, 0.1) is 5.52 Å². The van der Waals surface area contributed by atoms with Crippen LogP contribution >= 0.6 is 12.2 Å².